The van der Waals surface area contributed by atoms with Crippen LogP contribution in [0.5, 0.6) is 0 Å². The number of hydrogen-bond acceptors (Lipinski definition) is 5. The van der Waals surface area contributed by atoms with E-state index in [0.29, 0.717) is 42.7 Å². The molecule has 1 saturated heterocycles. The van der Waals surface area contributed by atoms with E-state index in [0.717, 1.165) is 0 Å². The number of nitrogens with zero attached hydrogens (tertiary/aromatic N) is 2. The van der Waals surface area contributed by atoms with E-state index in [2.05, 4.69) is 4.98 Å². The Kier molecular flexibility index (Phi) is 5.34. The number of fused-ring (bicyclic) bond motifs is 1. The van der Waals surface area contributed by atoms with Crippen molar-refractivity contribution >= 4 is 22.8 Å². The van der Waals surface area contributed by atoms with Crippen LogP contribution in [0.4, 0.5) is 0 Å². The van der Waals surface area contributed by atoms with Gasteiger partial charge in [-0.2, -0.15) is 0 Å². The third-order valence-corrected chi connectivity index (χ3v) is 4.33. The number of para-hydroxylation sites is 1. The molecule has 1 amide bonds. The number of morpholine rings is 1. The highest BCUT2D eigenvalue weighted by Crippen LogP contribution is 2.18. The fourth-order valence-corrected chi connectivity index (χ4v) is 3.21. The number of carboxylic acids is 1. The Morgan fingerprint density at radius 1 is 1.38 bits per heavy atom. The largest absolute Gasteiger partial charge is 0.480 e. The molecule has 3 rings (SSSR count). The molecular formula is C18H21N3O5. The minimum absolute atomic E-state index is 0.0908. The SMILES string of the molecule is CN(CC(=O)O)CC1CN(C(=O)c2cc(=O)[nH]c3ccccc23)CCO1. The minimum Gasteiger partial charge on any atom is -0.480 e. The zero-order valence-corrected chi connectivity index (χ0v) is 14.5. The van der Waals surface area contributed by atoms with E-state index in [1.807, 2.05) is 6.07 Å². The van der Waals surface area contributed by atoms with Crippen molar-refractivity contribution in [1.82, 2.24) is 14.8 Å². The number of ether oxygens (including phenoxy) is 1. The van der Waals surface area contributed by atoms with Gasteiger partial charge in [-0.3, -0.25) is 19.3 Å². The summed E-state index contributed by atoms with van der Waals surface area (Å²) in [5.74, 6) is -1.13. The number of amides is 1. The van der Waals surface area contributed by atoms with Crippen LogP contribution in [0.25, 0.3) is 10.9 Å². The summed E-state index contributed by atoms with van der Waals surface area (Å²) in [6.45, 7) is 1.47. The first-order chi connectivity index (χ1) is 12.4. The number of likely N-dealkylation sites (N-methyl/N-ethyl adjacent to an activating group) is 1. The maximum Gasteiger partial charge on any atom is 0.317 e. The van der Waals surface area contributed by atoms with E-state index in [9.17, 15) is 14.4 Å². The van der Waals surface area contributed by atoms with Gasteiger partial charge in [0.15, 0.2) is 0 Å². The molecule has 0 aliphatic carbocycles. The summed E-state index contributed by atoms with van der Waals surface area (Å²) in [5, 5.41) is 9.55. The van der Waals surface area contributed by atoms with Crippen LogP contribution in [0.3, 0.4) is 0 Å². The maximum absolute atomic E-state index is 13.0. The van der Waals surface area contributed by atoms with Crippen LogP contribution in [0, 0.1) is 0 Å². The first-order valence-corrected chi connectivity index (χ1v) is 8.37. The monoisotopic (exact) mass is 359 g/mol. The Labute approximate surface area is 150 Å². The lowest BCUT2D eigenvalue weighted by molar-refractivity contribution is -0.138. The number of benzene rings is 1. The molecule has 1 unspecified atom stereocenters. The zero-order chi connectivity index (χ0) is 18.7. The number of aromatic nitrogens is 1. The molecule has 1 aromatic heterocycles. The number of hydrogen-bond donors (Lipinski definition) is 2. The molecule has 26 heavy (non-hydrogen) atoms. The second kappa shape index (κ2) is 7.67. The van der Waals surface area contributed by atoms with Crippen LogP contribution in [0.1, 0.15) is 10.4 Å². The van der Waals surface area contributed by atoms with E-state index < -0.39 is 5.97 Å². The first-order valence-electron chi connectivity index (χ1n) is 8.37. The lowest BCUT2D eigenvalue weighted by Gasteiger charge is -2.34. The van der Waals surface area contributed by atoms with Gasteiger partial charge in [0.25, 0.3) is 5.91 Å². The van der Waals surface area contributed by atoms with E-state index in [-0.39, 0.29) is 24.1 Å². The van der Waals surface area contributed by atoms with E-state index in [4.69, 9.17) is 9.84 Å². The molecule has 138 valence electrons. The van der Waals surface area contributed by atoms with Gasteiger partial charge in [0, 0.05) is 36.6 Å². The molecule has 0 spiro atoms. The topological polar surface area (TPSA) is 103 Å². The van der Waals surface area contributed by atoms with Crippen molar-refractivity contribution < 1.29 is 19.4 Å². The molecule has 1 atom stereocenters. The van der Waals surface area contributed by atoms with Gasteiger partial charge in [-0.05, 0) is 13.1 Å². The van der Waals surface area contributed by atoms with Crippen LogP contribution in [0.2, 0.25) is 0 Å². The third kappa shape index (κ3) is 4.09. The summed E-state index contributed by atoms with van der Waals surface area (Å²) in [6.07, 6.45) is -0.273. The Morgan fingerprint density at radius 3 is 2.92 bits per heavy atom. The summed E-state index contributed by atoms with van der Waals surface area (Å²) in [7, 11) is 1.70. The molecule has 8 heteroatoms. The summed E-state index contributed by atoms with van der Waals surface area (Å²) in [5.41, 5.74) is 0.663. The average Bonchev–Trinajstić information content (AvgIpc) is 2.59. The molecule has 0 saturated carbocycles. The Hall–Kier alpha value is -2.71. The Bertz CT molecular complexity index is 879. The van der Waals surface area contributed by atoms with Gasteiger partial charge in [0.2, 0.25) is 5.56 Å². The number of carbonyl (C=O) groups excluding carboxylic acids is 1. The van der Waals surface area contributed by atoms with Crippen molar-refractivity contribution in [2.45, 2.75) is 6.10 Å². The van der Waals surface area contributed by atoms with E-state index >= 15 is 0 Å². The quantitative estimate of drug-likeness (QED) is 0.800. The average molecular weight is 359 g/mol. The van der Waals surface area contributed by atoms with Crippen LogP contribution >= 0.6 is 0 Å². The maximum atomic E-state index is 13.0. The van der Waals surface area contributed by atoms with Crippen molar-refractivity contribution in [3.63, 3.8) is 0 Å². The van der Waals surface area contributed by atoms with Gasteiger partial charge in [-0.1, -0.05) is 18.2 Å². The number of aromatic amines is 1. The number of rotatable bonds is 5. The van der Waals surface area contributed by atoms with E-state index in [1.165, 1.54) is 6.07 Å². The predicted molar refractivity (Wildman–Crippen MR) is 95.3 cm³/mol. The normalized spacial score (nSPS) is 17.6. The van der Waals surface area contributed by atoms with E-state index in [1.54, 1.807) is 35.0 Å². The lowest BCUT2D eigenvalue weighted by Crippen LogP contribution is -2.49. The van der Waals surface area contributed by atoms with Gasteiger partial charge in [-0.15, -0.1) is 0 Å². The molecule has 8 nitrogen and oxygen atoms in total. The molecule has 2 aromatic rings. The highest BCUT2D eigenvalue weighted by Gasteiger charge is 2.27. The second-order valence-electron chi connectivity index (χ2n) is 6.43. The van der Waals surface area contributed by atoms with Crippen LogP contribution in [0.15, 0.2) is 35.1 Å². The standard InChI is InChI=1S/C18H21N3O5/c1-20(11-17(23)24)9-12-10-21(6-7-26-12)18(25)14-8-16(22)19-15-5-3-2-4-13(14)15/h2-5,8,12H,6-7,9-11H2,1H3,(H,19,22)(H,23,24). The number of carbonyl (C=O) groups is 2. The smallest absolute Gasteiger partial charge is 0.317 e. The molecule has 1 aromatic carbocycles. The number of pyridine rings is 1. The van der Waals surface area contributed by atoms with Crippen LogP contribution in [-0.2, 0) is 9.53 Å². The number of carboxylic acid groups (broad SMARTS) is 1. The Morgan fingerprint density at radius 2 is 2.15 bits per heavy atom. The summed E-state index contributed by atoms with van der Waals surface area (Å²) < 4.78 is 5.66. The van der Waals surface area contributed by atoms with Crippen molar-refractivity contribution in [2.75, 3.05) is 39.8 Å². The third-order valence-electron chi connectivity index (χ3n) is 4.33. The number of aliphatic carboxylic acids is 1. The highest BCUT2D eigenvalue weighted by atomic mass is 16.5. The lowest BCUT2D eigenvalue weighted by atomic mass is 10.1. The molecule has 0 radical (unpaired) electrons. The first kappa shape index (κ1) is 18.1. The number of nitrogens with one attached hydrogen (secondary N) is 1. The fraction of sp³-hybridized carbons (Fsp3) is 0.389. The van der Waals surface area contributed by atoms with Gasteiger partial charge in [0.1, 0.15) is 0 Å². The van der Waals surface area contributed by atoms with Gasteiger partial charge in [0.05, 0.1) is 24.8 Å². The second-order valence-corrected chi connectivity index (χ2v) is 6.43. The molecular weight excluding hydrogens is 338 g/mol. The van der Waals surface area contributed by atoms with Crippen molar-refractivity contribution in [1.29, 1.82) is 0 Å². The van der Waals surface area contributed by atoms with Gasteiger partial charge in [-0.25, -0.2) is 0 Å². The van der Waals surface area contributed by atoms with Crippen molar-refractivity contribution in [3.8, 4) is 0 Å². The summed E-state index contributed by atoms with van der Waals surface area (Å²) in [6, 6.07) is 8.51. The van der Waals surface area contributed by atoms with Gasteiger partial charge >= 0.3 is 5.97 Å². The summed E-state index contributed by atoms with van der Waals surface area (Å²) in [4.78, 5) is 41.7. The fourth-order valence-electron chi connectivity index (χ4n) is 3.21. The molecule has 0 bridgehead atoms. The molecule has 2 N–H and O–H groups in total. The zero-order valence-electron chi connectivity index (χ0n) is 14.5. The van der Waals surface area contributed by atoms with Gasteiger partial charge < -0.3 is 19.7 Å². The molecule has 1 fully saturated rings. The molecule has 1 aliphatic heterocycles. The van der Waals surface area contributed by atoms with Crippen LogP contribution < -0.4 is 5.56 Å². The molecule has 1 aliphatic rings. The predicted octanol–water partition coefficient (Wildman–Crippen LogP) is 0.386. The van der Waals surface area contributed by atoms with Crippen molar-refractivity contribution in [3.05, 3.63) is 46.2 Å². The highest BCUT2D eigenvalue weighted by molar-refractivity contribution is 6.06. The minimum atomic E-state index is -0.911. The van der Waals surface area contributed by atoms with Crippen molar-refractivity contribution in [2.24, 2.45) is 0 Å². The summed E-state index contributed by atoms with van der Waals surface area (Å²) >= 11 is 0. The Balaban J connectivity index is 1.78. The van der Waals surface area contributed by atoms with Crippen LogP contribution in [-0.4, -0.2) is 77.7 Å². The number of H-pyrrole nitrogens is 1. The molecule has 2 heterocycles.